The molecule has 4 heteroatoms. The molecule has 17 heavy (non-hydrogen) atoms. The van der Waals surface area contributed by atoms with Crippen LogP contribution >= 0.6 is 22.9 Å². The van der Waals surface area contributed by atoms with Gasteiger partial charge in [-0.25, -0.2) is 4.98 Å². The number of nitrogens with zero attached hydrogens (tertiary/aromatic N) is 1. The van der Waals surface area contributed by atoms with E-state index in [2.05, 4.69) is 11.9 Å². The maximum atomic E-state index is 5.95. The molecule has 1 fully saturated rings. The molecule has 2 rings (SSSR count). The zero-order chi connectivity index (χ0) is 12.1. The minimum atomic E-state index is 0.164. The van der Waals surface area contributed by atoms with Gasteiger partial charge in [0.15, 0.2) is 0 Å². The van der Waals surface area contributed by atoms with Crippen LogP contribution < -0.4 is 0 Å². The first-order chi connectivity index (χ1) is 8.33. The highest BCUT2D eigenvalue weighted by Gasteiger charge is 2.19. The summed E-state index contributed by atoms with van der Waals surface area (Å²) in [6.45, 7) is 3.02. The van der Waals surface area contributed by atoms with Gasteiger partial charge in [-0.2, -0.15) is 0 Å². The molecule has 96 valence electrons. The number of ether oxygens (including phenoxy) is 1. The maximum absolute atomic E-state index is 5.95. The van der Waals surface area contributed by atoms with E-state index < -0.39 is 0 Å². The molecule has 1 aliphatic carbocycles. The van der Waals surface area contributed by atoms with E-state index in [1.807, 2.05) is 5.38 Å². The first kappa shape index (κ1) is 13.3. The molecule has 1 saturated carbocycles. The van der Waals surface area contributed by atoms with Gasteiger partial charge in [0, 0.05) is 12.0 Å². The molecular weight excluding hydrogens is 254 g/mol. The highest BCUT2D eigenvalue weighted by molar-refractivity contribution is 7.09. The van der Waals surface area contributed by atoms with Gasteiger partial charge in [-0.1, -0.05) is 26.2 Å². The number of aromatic nitrogens is 1. The number of hydrogen-bond donors (Lipinski definition) is 0. The maximum Gasteiger partial charge on any atom is 0.122 e. The molecule has 0 saturated heterocycles. The molecule has 0 aromatic carbocycles. The Morgan fingerprint density at radius 2 is 2.41 bits per heavy atom. The molecule has 1 heterocycles. The Labute approximate surface area is 112 Å². The van der Waals surface area contributed by atoms with Gasteiger partial charge in [0.25, 0.3) is 0 Å². The minimum Gasteiger partial charge on any atom is -0.371 e. The molecule has 1 aliphatic rings. The Bertz CT molecular complexity index is 338. The normalized spacial score (nSPS) is 18.0. The lowest BCUT2D eigenvalue weighted by Gasteiger charge is -2.25. The highest BCUT2D eigenvalue weighted by Crippen LogP contribution is 2.31. The van der Waals surface area contributed by atoms with Gasteiger partial charge in [0.1, 0.15) is 11.1 Å². The van der Waals surface area contributed by atoms with Gasteiger partial charge < -0.3 is 4.74 Å². The number of hydrogen-bond acceptors (Lipinski definition) is 3. The highest BCUT2D eigenvalue weighted by atomic mass is 35.5. The molecule has 1 aromatic heterocycles. The van der Waals surface area contributed by atoms with Crippen molar-refractivity contribution in [3.63, 3.8) is 0 Å². The van der Waals surface area contributed by atoms with Crippen LogP contribution in [0.15, 0.2) is 5.38 Å². The third kappa shape index (κ3) is 3.67. The van der Waals surface area contributed by atoms with Crippen LogP contribution in [-0.2, 0) is 10.6 Å². The summed E-state index contributed by atoms with van der Waals surface area (Å²) in [4.78, 5) is 4.49. The van der Waals surface area contributed by atoms with Crippen LogP contribution in [0.4, 0.5) is 0 Å². The summed E-state index contributed by atoms with van der Waals surface area (Å²) < 4.78 is 5.95. The average molecular weight is 274 g/mol. The molecule has 0 N–H and O–H groups in total. The van der Waals surface area contributed by atoms with Gasteiger partial charge in [0.05, 0.1) is 11.6 Å². The fraction of sp³-hybridized carbons (Fsp3) is 0.769. The second-order valence-electron chi connectivity index (χ2n) is 4.66. The fourth-order valence-corrected chi connectivity index (χ4v) is 3.23. The van der Waals surface area contributed by atoms with E-state index in [-0.39, 0.29) is 6.10 Å². The van der Waals surface area contributed by atoms with E-state index in [1.54, 1.807) is 11.3 Å². The van der Waals surface area contributed by atoms with Crippen molar-refractivity contribution < 1.29 is 4.74 Å². The third-order valence-electron chi connectivity index (χ3n) is 3.42. The van der Waals surface area contributed by atoms with Gasteiger partial charge in [-0.05, 0) is 18.8 Å². The van der Waals surface area contributed by atoms with Crippen molar-refractivity contribution >= 4 is 22.9 Å². The van der Waals surface area contributed by atoms with Crippen LogP contribution in [0.1, 0.15) is 55.8 Å². The van der Waals surface area contributed by atoms with Crippen LogP contribution in [0.25, 0.3) is 0 Å². The number of thiazole rings is 1. The van der Waals surface area contributed by atoms with Gasteiger partial charge >= 0.3 is 0 Å². The summed E-state index contributed by atoms with van der Waals surface area (Å²) in [6, 6.07) is 0. The Kier molecular flexibility index (Phi) is 5.26. The number of rotatable bonds is 7. The lowest BCUT2D eigenvalue weighted by atomic mass is 9.83. The minimum absolute atomic E-state index is 0.164. The Morgan fingerprint density at radius 3 is 2.94 bits per heavy atom. The molecule has 0 spiro atoms. The third-order valence-corrected chi connectivity index (χ3v) is 4.68. The molecule has 0 radical (unpaired) electrons. The van der Waals surface area contributed by atoms with Gasteiger partial charge in [-0.15, -0.1) is 22.9 Å². The van der Waals surface area contributed by atoms with Crippen molar-refractivity contribution in [3.05, 3.63) is 16.1 Å². The van der Waals surface area contributed by atoms with E-state index in [0.29, 0.717) is 5.88 Å². The fourth-order valence-electron chi connectivity index (χ4n) is 2.05. The lowest BCUT2D eigenvalue weighted by molar-refractivity contribution is 0.0346. The molecule has 0 amide bonds. The first-order valence-corrected chi connectivity index (χ1v) is 7.86. The average Bonchev–Trinajstić information content (AvgIpc) is 2.75. The van der Waals surface area contributed by atoms with Gasteiger partial charge in [0.2, 0.25) is 0 Å². The standard InChI is InChI=1S/C13H20ClNOS/c1-2-12(13-15-11(8-14)9-17-13)16-7-6-10-4-3-5-10/h9-10,12H,2-8H2,1H3. The van der Waals surface area contributed by atoms with Crippen molar-refractivity contribution in [3.8, 4) is 0 Å². The summed E-state index contributed by atoms with van der Waals surface area (Å²) in [5, 5.41) is 3.11. The Morgan fingerprint density at radius 1 is 1.59 bits per heavy atom. The van der Waals surface area contributed by atoms with E-state index in [9.17, 15) is 0 Å². The van der Waals surface area contributed by atoms with Gasteiger partial charge in [-0.3, -0.25) is 0 Å². The molecule has 2 nitrogen and oxygen atoms in total. The van der Waals surface area contributed by atoms with E-state index >= 15 is 0 Å². The molecule has 0 bridgehead atoms. The molecule has 1 aromatic rings. The smallest absolute Gasteiger partial charge is 0.122 e. The van der Waals surface area contributed by atoms with Crippen molar-refractivity contribution in [1.82, 2.24) is 4.98 Å². The van der Waals surface area contributed by atoms with E-state index in [4.69, 9.17) is 16.3 Å². The zero-order valence-electron chi connectivity index (χ0n) is 10.3. The van der Waals surface area contributed by atoms with Crippen LogP contribution in [0.5, 0.6) is 0 Å². The number of halogens is 1. The quantitative estimate of drug-likeness (QED) is 0.681. The lowest BCUT2D eigenvalue weighted by Crippen LogP contribution is -2.14. The summed E-state index contributed by atoms with van der Waals surface area (Å²) in [7, 11) is 0. The largest absolute Gasteiger partial charge is 0.371 e. The zero-order valence-corrected chi connectivity index (χ0v) is 11.9. The van der Waals surface area contributed by atoms with Crippen molar-refractivity contribution in [1.29, 1.82) is 0 Å². The second-order valence-corrected chi connectivity index (χ2v) is 5.82. The first-order valence-electron chi connectivity index (χ1n) is 6.45. The molecule has 0 aliphatic heterocycles. The second kappa shape index (κ2) is 6.72. The van der Waals surface area contributed by atoms with Crippen molar-refractivity contribution in [2.24, 2.45) is 5.92 Å². The number of alkyl halides is 1. The molecule has 1 unspecified atom stereocenters. The molecule has 1 atom stereocenters. The van der Waals surface area contributed by atoms with E-state index in [0.717, 1.165) is 29.6 Å². The Balaban J connectivity index is 1.78. The van der Waals surface area contributed by atoms with E-state index in [1.165, 1.54) is 25.7 Å². The predicted octanol–water partition coefficient (Wildman–Crippen LogP) is 4.54. The summed E-state index contributed by atoms with van der Waals surface area (Å²) in [6.07, 6.45) is 6.57. The van der Waals surface area contributed by atoms with Crippen LogP contribution in [0.2, 0.25) is 0 Å². The van der Waals surface area contributed by atoms with Crippen LogP contribution in [0.3, 0.4) is 0 Å². The summed E-state index contributed by atoms with van der Waals surface area (Å²) >= 11 is 7.43. The monoisotopic (exact) mass is 273 g/mol. The SMILES string of the molecule is CCC(OCCC1CCC1)c1nc(CCl)cs1. The van der Waals surface area contributed by atoms with Crippen LogP contribution in [-0.4, -0.2) is 11.6 Å². The summed E-state index contributed by atoms with van der Waals surface area (Å²) in [5.41, 5.74) is 0.965. The summed E-state index contributed by atoms with van der Waals surface area (Å²) in [5.74, 6) is 1.41. The Hall–Kier alpha value is -0.120. The van der Waals surface area contributed by atoms with Crippen LogP contribution in [0, 0.1) is 5.92 Å². The molecular formula is C13H20ClNOS. The van der Waals surface area contributed by atoms with Crippen molar-refractivity contribution in [2.45, 2.75) is 51.0 Å². The van der Waals surface area contributed by atoms with Crippen molar-refractivity contribution in [2.75, 3.05) is 6.61 Å². The predicted molar refractivity (Wildman–Crippen MR) is 72.6 cm³/mol. The topological polar surface area (TPSA) is 22.1 Å².